The number of hydrogen-bond acceptors (Lipinski definition) is 7. The van der Waals surface area contributed by atoms with Gasteiger partial charge in [-0.1, -0.05) is 13.3 Å². The SMILES string of the molecule is CCCCN1C(=O)NC(=O)[C@]2(Cc3cc([N+](=O)[O-])ccc3N3C[C@H](C)O[C@H](C)[C@H]32)C1=O. The van der Waals surface area contributed by atoms with Crippen LogP contribution in [-0.2, 0) is 20.7 Å². The second-order valence-corrected chi connectivity index (χ2v) is 8.54. The molecule has 1 spiro atoms. The number of ether oxygens (including phenoxy) is 1. The summed E-state index contributed by atoms with van der Waals surface area (Å²) in [4.78, 5) is 53.5. The van der Waals surface area contributed by atoms with Gasteiger partial charge < -0.3 is 9.64 Å². The number of imide groups is 2. The molecular formula is C21H26N4O6. The number of benzene rings is 1. The van der Waals surface area contributed by atoms with Gasteiger partial charge in [0.25, 0.3) is 5.69 Å². The van der Waals surface area contributed by atoms with E-state index in [1.54, 1.807) is 6.07 Å². The van der Waals surface area contributed by atoms with E-state index < -0.39 is 40.3 Å². The van der Waals surface area contributed by atoms with Crippen molar-refractivity contribution >= 4 is 29.2 Å². The van der Waals surface area contributed by atoms with Gasteiger partial charge in [-0.15, -0.1) is 0 Å². The number of morpholine rings is 1. The molecule has 3 aliphatic rings. The van der Waals surface area contributed by atoms with Gasteiger partial charge >= 0.3 is 6.03 Å². The fourth-order valence-electron chi connectivity index (χ4n) is 5.20. The van der Waals surface area contributed by atoms with Crippen LogP contribution >= 0.6 is 0 Å². The maximum Gasteiger partial charge on any atom is 0.330 e. The van der Waals surface area contributed by atoms with Crippen LogP contribution in [0.3, 0.4) is 0 Å². The third-order valence-corrected chi connectivity index (χ3v) is 6.47. The van der Waals surface area contributed by atoms with E-state index in [9.17, 15) is 24.5 Å². The van der Waals surface area contributed by atoms with Crippen LogP contribution in [0.5, 0.6) is 0 Å². The third-order valence-electron chi connectivity index (χ3n) is 6.47. The number of amides is 4. The Morgan fingerprint density at radius 3 is 2.71 bits per heavy atom. The van der Waals surface area contributed by atoms with Crippen molar-refractivity contribution in [3.8, 4) is 0 Å². The van der Waals surface area contributed by atoms with Gasteiger partial charge in [0.2, 0.25) is 11.8 Å². The lowest BCUT2D eigenvalue weighted by Gasteiger charge is -2.56. The maximum atomic E-state index is 13.8. The zero-order valence-corrected chi connectivity index (χ0v) is 17.8. The van der Waals surface area contributed by atoms with E-state index >= 15 is 0 Å². The Balaban J connectivity index is 1.88. The van der Waals surface area contributed by atoms with Gasteiger partial charge in [-0.05, 0) is 31.9 Å². The van der Waals surface area contributed by atoms with E-state index in [0.29, 0.717) is 18.5 Å². The molecule has 0 aliphatic carbocycles. The van der Waals surface area contributed by atoms with Gasteiger partial charge in [0.15, 0.2) is 5.41 Å². The molecule has 1 aromatic rings. The zero-order valence-electron chi connectivity index (χ0n) is 17.8. The number of carbonyl (C=O) groups is 3. The lowest BCUT2D eigenvalue weighted by molar-refractivity contribution is -0.384. The standard InChI is InChI=1S/C21H26N4O6/c1-4-5-8-23-19(27)21(18(26)22-20(23)28)10-14-9-15(25(29)30)6-7-16(14)24-11-12(2)31-13(3)17(21)24/h6-7,9,12-13,17H,4-5,8,10-11H2,1-3H3,(H,22,26,28)/t12-,13+,17-,21+/m0/s1. The van der Waals surface area contributed by atoms with Crippen LogP contribution in [0.2, 0.25) is 0 Å². The Morgan fingerprint density at radius 1 is 1.29 bits per heavy atom. The Labute approximate surface area is 179 Å². The molecule has 2 saturated heterocycles. The van der Waals surface area contributed by atoms with Crippen LogP contribution < -0.4 is 10.2 Å². The van der Waals surface area contributed by atoms with Crippen LogP contribution in [0.4, 0.5) is 16.2 Å². The molecule has 0 bridgehead atoms. The number of nitrogens with zero attached hydrogens (tertiary/aromatic N) is 3. The van der Waals surface area contributed by atoms with Crippen molar-refractivity contribution in [2.75, 3.05) is 18.0 Å². The first-order valence-corrected chi connectivity index (χ1v) is 10.6. The molecule has 1 N–H and O–H groups in total. The molecule has 2 fully saturated rings. The zero-order chi connectivity index (χ0) is 22.5. The normalized spacial score (nSPS) is 30.2. The average Bonchev–Trinajstić information content (AvgIpc) is 2.71. The number of fused-ring (bicyclic) bond motifs is 4. The van der Waals surface area contributed by atoms with E-state index in [4.69, 9.17) is 4.74 Å². The number of nitro benzene ring substituents is 1. The summed E-state index contributed by atoms with van der Waals surface area (Å²) < 4.78 is 6.01. The number of rotatable bonds is 4. The maximum absolute atomic E-state index is 13.8. The summed E-state index contributed by atoms with van der Waals surface area (Å²) in [6.07, 6.45) is 0.725. The number of carbonyl (C=O) groups excluding carboxylic acids is 3. The first-order valence-electron chi connectivity index (χ1n) is 10.6. The van der Waals surface area contributed by atoms with Crippen molar-refractivity contribution in [1.29, 1.82) is 0 Å². The third kappa shape index (κ3) is 3.16. The number of nitro groups is 1. The Kier molecular flexibility index (Phi) is 5.20. The molecule has 10 heteroatoms. The first kappa shape index (κ1) is 21.2. The van der Waals surface area contributed by atoms with Gasteiger partial charge in [0.05, 0.1) is 23.2 Å². The van der Waals surface area contributed by atoms with Crippen molar-refractivity contribution in [2.24, 2.45) is 5.41 Å². The molecule has 3 aliphatic heterocycles. The van der Waals surface area contributed by atoms with E-state index in [1.807, 2.05) is 25.7 Å². The van der Waals surface area contributed by atoms with Crippen molar-refractivity contribution in [1.82, 2.24) is 10.2 Å². The molecule has 4 atom stereocenters. The molecule has 4 amide bonds. The first-order chi connectivity index (χ1) is 14.7. The molecule has 0 aromatic heterocycles. The van der Waals surface area contributed by atoms with Gasteiger partial charge in [-0.3, -0.25) is 29.9 Å². The van der Waals surface area contributed by atoms with Gasteiger partial charge in [-0.25, -0.2) is 4.79 Å². The summed E-state index contributed by atoms with van der Waals surface area (Å²) in [5, 5.41) is 13.7. The van der Waals surface area contributed by atoms with Gasteiger partial charge in [0.1, 0.15) is 0 Å². The summed E-state index contributed by atoms with van der Waals surface area (Å²) in [5.41, 5.74) is -0.422. The molecular weight excluding hydrogens is 404 g/mol. The number of anilines is 1. The molecule has 0 saturated carbocycles. The molecule has 10 nitrogen and oxygen atoms in total. The summed E-state index contributed by atoms with van der Waals surface area (Å²) >= 11 is 0. The summed E-state index contributed by atoms with van der Waals surface area (Å²) in [6, 6.07) is 3.17. The second-order valence-electron chi connectivity index (χ2n) is 8.54. The lowest BCUT2D eigenvalue weighted by atomic mass is 9.66. The lowest BCUT2D eigenvalue weighted by Crippen LogP contribution is -2.75. The predicted octanol–water partition coefficient (Wildman–Crippen LogP) is 2.00. The molecule has 166 valence electrons. The number of unbranched alkanes of at least 4 members (excludes halogenated alkanes) is 1. The highest BCUT2D eigenvalue weighted by Gasteiger charge is 2.64. The van der Waals surface area contributed by atoms with Crippen LogP contribution in [0.25, 0.3) is 0 Å². The summed E-state index contributed by atoms with van der Waals surface area (Å²) in [6.45, 7) is 6.29. The van der Waals surface area contributed by atoms with Crippen molar-refractivity contribution in [2.45, 2.75) is 58.3 Å². The van der Waals surface area contributed by atoms with Gasteiger partial charge in [0, 0.05) is 37.3 Å². The molecule has 31 heavy (non-hydrogen) atoms. The monoisotopic (exact) mass is 430 g/mol. The largest absolute Gasteiger partial charge is 0.372 e. The van der Waals surface area contributed by atoms with E-state index in [-0.39, 0.29) is 24.8 Å². The summed E-state index contributed by atoms with van der Waals surface area (Å²) in [7, 11) is 0. The fourth-order valence-corrected chi connectivity index (χ4v) is 5.20. The minimum absolute atomic E-state index is 0.0339. The highest BCUT2D eigenvalue weighted by molar-refractivity contribution is 6.20. The number of non-ortho nitro benzene ring substituents is 1. The average molecular weight is 430 g/mol. The van der Waals surface area contributed by atoms with Crippen LogP contribution in [-0.4, -0.2) is 59.0 Å². The second kappa shape index (κ2) is 7.60. The molecule has 3 heterocycles. The Bertz CT molecular complexity index is 965. The highest BCUT2D eigenvalue weighted by Crippen LogP contribution is 2.48. The van der Waals surface area contributed by atoms with Crippen LogP contribution in [0, 0.1) is 15.5 Å². The van der Waals surface area contributed by atoms with E-state index in [2.05, 4.69) is 5.32 Å². The number of nitrogens with one attached hydrogen (secondary N) is 1. The van der Waals surface area contributed by atoms with Crippen LogP contribution in [0.1, 0.15) is 39.2 Å². The number of urea groups is 1. The van der Waals surface area contributed by atoms with Crippen LogP contribution in [0.15, 0.2) is 18.2 Å². The number of barbiturate groups is 1. The predicted molar refractivity (Wildman–Crippen MR) is 111 cm³/mol. The summed E-state index contributed by atoms with van der Waals surface area (Å²) in [5.74, 6) is -1.24. The molecule has 4 rings (SSSR count). The van der Waals surface area contributed by atoms with E-state index in [0.717, 1.165) is 17.0 Å². The number of hydrogen-bond donors (Lipinski definition) is 1. The van der Waals surface area contributed by atoms with Gasteiger partial charge in [-0.2, -0.15) is 0 Å². The molecule has 1 aromatic carbocycles. The van der Waals surface area contributed by atoms with Crippen molar-refractivity contribution in [3.05, 3.63) is 33.9 Å². The minimum atomic E-state index is -1.61. The Hall–Kier alpha value is -3.01. The van der Waals surface area contributed by atoms with E-state index in [1.165, 1.54) is 12.1 Å². The topological polar surface area (TPSA) is 122 Å². The molecule has 0 radical (unpaired) electrons. The quantitative estimate of drug-likeness (QED) is 0.440. The minimum Gasteiger partial charge on any atom is -0.372 e. The smallest absolute Gasteiger partial charge is 0.330 e. The Morgan fingerprint density at radius 2 is 2.03 bits per heavy atom. The molecule has 0 unspecified atom stereocenters. The fraction of sp³-hybridized carbons (Fsp3) is 0.571. The van der Waals surface area contributed by atoms with Crippen molar-refractivity contribution in [3.63, 3.8) is 0 Å². The highest BCUT2D eigenvalue weighted by atomic mass is 16.6. The van der Waals surface area contributed by atoms with Crippen molar-refractivity contribution < 1.29 is 24.0 Å².